The highest BCUT2D eigenvalue weighted by atomic mass is 32.2. The van der Waals surface area contributed by atoms with Crippen LogP contribution < -0.4 is 0 Å². The van der Waals surface area contributed by atoms with Gasteiger partial charge in [-0.25, -0.2) is 0 Å². The number of carboxylic acid groups (broad SMARTS) is 1. The predicted octanol–water partition coefficient (Wildman–Crippen LogP) is 2.79. The van der Waals surface area contributed by atoms with Crippen molar-refractivity contribution >= 4 is 29.3 Å². The Morgan fingerprint density at radius 1 is 1.32 bits per heavy atom. The van der Waals surface area contributed by atoms with Gasteiger partial charge in [-0.3, -0.25) is 19.7 Å². The van der Waals surface area contributed by atoms with Gasteiger partial charge in [0, 0.05) is 30.1 Å². The van der Waals surface area contributed by atoms with Crippen LogP contribution in [0.4, 0.5) is 5.69 Å². The molecule has 1 aromatic rings. The van der Waals surface area contributed by atoms with Crippen molar-refractivity contribution in [2.45, 2.75) is 36.3 Å². The molecule has 8 heteroatoms. The summed E-state index contributed by atoms with van der Waals surface area (Å²) >= 11 is 1.38. The number of nitro benzene ring substituents is 1. The van der Waals surface area contributed by atoms with Gasteiger partial charge in [0.2, 0.25) is 5.91 Å². The third-order valence-corrected chi connectivity index (χ3v) is 6.37. The number of aliphatic carboxylic acids is 1. The number of thioether (sulfide) groups is 1. The number of carboxylic acids is 1. The maximum atomic E-state index is 12.6. The van der Waals surface area contributed by atoms with Crippen LogP contribution in [-0.4, -0.2) is 45.1 Å². The van der Waals surface area contributed by atoms with Crippen LogP contribution in [0.25, 0.3) is 0 Å². The Hall–Kier alpha value is -2.09. The minimum absolute atomic E-state index is 0.0297. The van der Waals surface area contributed by atoms with Crippen molar-refractivity contribution in [1.82, 2.24) is 4.90 Å². The summed E-state index contributed by atoms with van der Waals surface area (Å²) in [7, 11) is 0. The van der Waals surface area contributed by atoms with Crippen molar-refractivity contribution in [3.8, 4) is 0 Å². The number of benzene rings is 1. The van der Waals surface area contributed by atoms with E-state index in [0.29, 0.717) is 13.1 Å². The molecule has 2 aliphatic rings. The van der Waals surface area contributed by atoms with Crippen LogP contribution in [0.15, 0.2) is 29.2 Å². The molecular weight excluding hydrogens is 344 g/mol. The lowest BCUT2D eigenvalue weighted by Crippen LogP contribution is -2.43. The summed E-state index contributed by atoms with van der Waals surface area (Å²) in [4.78, 5) is 36.6. The van der Waals surface area contributed by atoms with Crippen LogP contribution in [-0.2, 0) is 9.59 Å². The van der Waals surface area contributed by atoms with Crippen molar-refractivity contribution in [3.05, 3.63) is 34.4 Å². The van der Waals surface area contributed by atoms with Gasteiger partial charge in [-0.15, -0.1) is 11.8 Å². The largest absolute Gasteiger partial charge is 0.481 e. The monoisotopic (exact) mass is 364 g/mol. The molecule has 2 atom stereocenters. The highest BCUT2D eigenvalue weighted by molar-refractivity contribution is 8.00. The molecule has 2 fully saturated rings. The fraction of sp³-hybridized carbons (Fsp3) is 0.529. The fourth-order valence-electron chi connectivity index (χ4n) is 3.58. The van der Waals surface area contributed by atoms with Gasteiger partial charge >= 0.3 is 5.97 Å². The average Bonchev–Trinajstić information content (AvgIpc) is 3.29. The Morgan fingerprint density at radius 3 is 2.40 bits per heavy atom. The zero-order chi connectivity index (χ0) is 18.2. The molecule has 3 rings (SSSR count). The smallest absolute Gasteiger partial charge is 0.307 e. The van der Waals surface area contributed by atoms with Gasteiger partial charge in [-0.2, -0.15) is 0 Å². The Morgan fingerprint density at radius 2 is 1.92 bits per heavy atom. The van der Waals surface area contributed by atoms with E-state index in [4.69, 9.17) is 5.11 Å². The molecule has 0 bridgehead atoms. The molecule has 1 N–H and O–H groups in total. The average molecular weight is 364 g/mol. The van der Waals surface area contributed by atoms with E-state index < -0.39 is 10.9 Å². The molecule has 0 radical (unpaired) electrons. The molecule has 1 spiro atoms. The van der Waals surface area contributed by atoms with E-state index in [9.17, 15) is 19.7 Å². The molecule has 7 nitrogen and oxygen atoms in total. The SMILES string of the molecule is CC(Sc1ccc([N+](=O)[O-])cc1)C(=O)N1CCC2(CC1)CC2C(=O)O. The number of non-ortho nitro benzene ring substituents is 1. The second-order valence-electron chi connectivity index (χ2n) is 6.79. The summed E-state index contributed by atoms with van der Waals surface area (Å²) in [6.45, 7) is 3.04. The molecule has 1 amide bonds. The van der Waals surface area contributed by atoms with Crippen LogP contribution in [0.5, 0.6) is 0 Å². The first-order chi connectivity index (χ1) is 11.8. The normalized spacial score (nSPS) is 22.4. The number of rotatable bonds is 5. The van der Waals surface area contributed by atoms with Gasteiger partial charge in [-0.05, 0) is 43.7 Å². The summed E-state index contributed by atoms with van der Waals surface area (Å²) in [5.74, 6) is -0.927. The molecule has 1 aromatic carbocycles. The number of likely N-dealkylation sites (tertiary alicyclic amines) is 1. The maximum absolute atomic E-state index is 12.6. The van der Waals surface area contributed by atoms with Gasteiger partial charge < -0.3 is 10.0 Å². The first kappa shape index (κ1) is 17.7. The van der Waals surface area contributed by atoms with Crippen molar-refractivity contribution in [3.63, 3.8) is 0 Å². The van der Waals surface area contributed by atoms with E-state index in [-0.39, 0.29) is 28.2 Å². The summed E-state index contributed by atoms with van der Waals surface area (Å²) in [5.41, 5.74) is -0.0563. The number of carbonyl (C=O) groups is 2. The van der Waals surface area contributed by atoms with Crippen molar-refractivity contribution in [2.75, 3.05) is 13.1 Å². The number of amides is 1. The Balaban J connectivity index is 1.53. The van der Waals surface area contributed by atoms with Gasteiger partial charge in [0.15, 0.2) is 0 Å². The van der Waals surface area contributed by atoms with Crippen molar-refractivity contribution < 1.29 is 19.6 Å². The Kier molecular flexibility index (Phi) is 4.73. The summed E-state index contributed by atoms with van der Waals surface area (Å²) in [6, 6.07) is 6.17. The van der Waals surface area contributed by atoms with Crippen molar-refractivity contribution in [1.29, 1.82) is 0 Å². The second kappa shape index (κ2) is 6.67. The number of nitro groups is 1. The molecule has 134 valence electrons. The van der Waals surface area contributed by atoms with E-state index in [1.165, 1.54) is 23.9 Å². The number of carbonyl (C=O) groups excluding carboxylic acids is 1. The van der Waals surface area contributed by atoms with Crippen LogP contribution in [0.2, 0.25) is 0 Å². The number of hydrogen-bond acceptors (Lipinski definition) is 5. The molecule has 1 saturated carbocycles. The van der Waals surface area contributed by atoms with E-state index in [2.05, 4.69) is 0 Å². The van der Waals surface area contributed by atoms with Gasteiger partial charge in [0.05, 0.1) is 16.1 Å². The van der Waals surface area contributed by atoms with E-state index in [1.54, 1.807) is 12.1 Å². The van der Waals surface area contributed by atoms with Crippen LogP contribution in [0.3, 0.4) is 0 Å². The molecule has 2 unspecified atom stereocenters. The zero-order valence-corrected chi connectivity index (χ0v) is 14.7. The summed E-state index contributed by atoms with van der Waals surface area (Å²) in [6.07, 6.45) is 2.24. The molecule has 25 heavy (non-hydrogen) atoms. The van der Waals surface area contributed by atoms with Crippen molar-refractivity contribution in [2.24, 2.45) is 11.3 Å². The molecule has 1 aliphatic carbocycles. The number of piperidine rings is 1. The Bertz CT molecular complexity index is 697. The third kappa shape index (κ3) is 3.63. The zero-order valence-electron chi connectivity index (χ0n) is 13.9. The van der Waals surface area contributed by atoms with Gasteiger partial charge in [0.25, 0.3) is 5.69 Å². The van der Waals surface area contributed by atoms with E-state index in [1.807, 2.05) is 11.8 Å². The highest BCUT2D eigenvalue weighted by Gasteiger charge is 2.59. The second-order valence-corrected chi connectivity index (χ2v) is 8.21. The molecule has 1 heterocycles. The van der Waals surface area contributed by atoms with E-state index in [0.717, 1.165) is 24.2 Å². The summed E-state index contributed by atoms with van der Waals surface area (Å²) < 4.78 is 0. The van der Waals surface area contributed by atoms with Crippen LogP contribution >= 0.6 is 11.8 Å². The maximum Gasteiger partial charge on any atom is 0.307 e. The third-order valence-electron chi connectivity index (χ3n) is 5.27. The number of hydrogen-bond donors (Lipinski definition) is 1. The predicted molar refractivity (Wildman–Crippen MR) is 92.4 cm³/mol. The number of nitrogens with zero attached hydrogens (tertiary/aromatic N) is 2. The molecular formula is C17H20N2O5S. The van der Waals surface area contributed by atoms with Crippen LogP contribution in [0.1, 0.15) is 26.2 Å². The highest BCUT2D eigenvalue weighted by Crippen LogP contribution is 2.59. The summed E-state index contributed by atoms with van der Waals surface area (Å²) in [5, 5.41) is 19.5. The van der Waals surface area contributed by atoms with E-state index >= 15 is 0 Å². The Labute approximate surface area is 149 Å². The molecule has 0 aromatic heterocycles. The lowest BCUT2D eigenvalue weighted by Gasteiger charge is -2.34. The molecule has 1 aliphatic heterocycles. The fourth-order valence-corrected chi connectivity index (χ4v) is 4.53. The first-order valence-corrected chi connectivity index (χ1v) is 9.13. The topological polar surface area (TPSA) is 101 Å². The quantitative estimate of drug-likeness (QED) is 0.490. The lowest BCUT2D eigenvalue weighted by atomic mass is 9.90. The van der Waals surface area contributed by atoms with Gasteiger partial charge in [-0.1, -0.05) is 0 Å². The lowest BCUT2D eigenvalue weighted by molar-refractivity contribution is -0.384. The first-order valence-electron chi connectivity index (χ1n) is 8.25. The minimum Gasteiger partial charge on any atom is -0.481 e. The van der Waals surface area contributed by atoms with Crippen LogP contribution in [0, 0.1) is 21.4 Å². The van der Waals surface area contributed by atoms with Gasteiger partial charge in [0.1, 0.15) is 0 Å². The molecule has 1 saturated heterocycles. The minimum atomic E-state index is -0.720. The standard InChI is InChI=1S/C17H20N2O5S/c1-11(25-13-4-2-12(3-5-13)19(23)24)15(20)18-8-6-17(7-9-18)10-14(17)16(21)22/h2-5,11,14H,6-10H2,1H3,(H,21,22).